The molecule has 1 aliphatic carbocycles. The SMILES string of the molecule is O=C1OC2(CCCCC2)CC(O)=C1Sc1ccccc1. The van der Waals surface area contributed by atoms with E-state index in [0.29, 0.717) is 11.3 Å². The van der Waals surface area contributed by atoms with Crippen LogP contribution in [-0.4, -0.2) is 16.7 Å². The van der Waals surface area contributed by atoms with Gasteiger partial charge in [-0.1, -0.05) is 36.4 Å². The van der Waals surface area contributed by atoms with Crippen LogP contribution in [0.15, 0.2) is 45.9 Å². The molecule has 20 heavy (non-hydrogen) atoms. The fraction of sp³-hybridized carbons (Fsp3) is 0.438. The van der Waals surface area contributed by atoms with Crippen molar-refractivity contribution in [2.24, 2.45) is 0 Å². The molecule has 3 nitrogen and oxygen atoms in total. The Morgan fingerprint density at radius 2 is 1.80 bits per heavy atom. The van der Waals surface area contributed by atoms with E-state index in [1.807, 2.05) is 30.3 Å². The summed E-state index contributed by atoms with van der Waals surface area (Å²) in [5, 5.41) is 10.3. The summed E-state index contributed by atoms with van der Waals surface area (Å²) in [6, 6.07) is 9.59. The number of hydrogen-bond acceptors (Lipinski definition) is 4. The molecule has 4 heteroatoms. The summed E-state index contributed by atoms with van der Waals surface area (Å²) in [7, 11) is 0. The predicted molar refractivity (Wildman–Crippen MR) is 78.5 cm³/mol. The fourth-order valence-electron chi connectivity index (χ4n) is 2.96. The first kappa shape index (κ1) is 13.6. The lowest BCUT2D eigenvalue weighted by Crippen LogP contribution is -2.41. The molecule has 1 aromatic rings. The molecule has 0 saturated heterocycles. The van der Waals surface area contributed by atoms with Crippen molar-refractivity contribution in [2.45, 2.75) is 49.0 Å². The number of ether oxygens (including phenoxy) is 1. The van der Waals surface area contributed by atoms with Gasteiger partial charge in [0.15, 0.2) is 0 Å². The highest BCUT2D eigenvalue weighted by atomic mass is 32.2. The minimum atomic E-state index is -0.444. The molecule has 0 amide bonds. The van der Waals surface area contributed by atoms with Gasteiger partial charge in [-0.05, 0) is 37.8 Å². The topological polar surface area (TPSA) is 46.5 Å². The first-order valence-corrected chi connectivity index (χ1v) is 7.89. The summed E-state index contributed by atoms with van der Waals surface area (Å²) in [6.45, 7) is 0. The van der Waals surface area contributed by atoms with E-state index in [1.165, 1.54) is 18.2 Å². The van der Waals surface area contributed by atoms with Gasteiger partial charge in [0.05, 0.1) is 0 Å². The van der Waals surface area contributed by atoms with Gasteiger partial charge in [-0.25, -0.2) is 4.79 Å². The molecule has 1 spiro atoms. The molecule has 1 N–H and O–H groups in total. The molecule has 0 aromatic heterocycles. The maximum atomic E-state index is 12.2. The largest absolute Gasteiger partial charge is 0.511 e. The van der Waals surface area contributed by atoms with Crippen molar-refractivity contribution in [1.29, 1.82) is 0 Å². The van der Waals surface area contributed by atoms with Gasteiger partial charge in [0.1, 0.15) is 16.3 Å². The number of carbonyl (C=O) groups is 1. The molecule has 2 aliphatic rings. The zero-order valence-corrected chi connectivity index (χ0v) is 12.1. The van der Waals surface area contributed by atoms with Crippen LogP contribution in [0.4, 0.5) is 0 Å². The van der Waals surface area contributed by atoms with Gasteiger partial charge >= 0.3 is 5.97 Å². The number of carbonyl (C=O) groups excluding carboxylic acids is 1. The molecule has 106 valence electrons. The number of benzene rings is 1. The highest BCUT2D eigenvalue weighted by molar-refractivity contribution is 8.04. The minimum absolute atomic E-state index is 0.192. The van der Waals surface area contributed by atoms with Crippen molar-refractivity contribution >= 4 is 17.7 Å². The lowest BCUT2D eigenvalue weighted by Gasteiger charge is -2.39. The van der Waals surface area contributed by atoms with Gasteiger partial charge in [0.25, 0.3) is 0 Å². The fourth-order valence-corrected chi connectivity index (χ4v) is 3.81. The Kier molecular flexibility index (Phi) is 3.74. The molecule has 1 aliphatic heterocycles. The average molecular weight is 290 g/mol. The van der Waals surface area contributed by atoms with Crippen LogP contribution >= 0.6 is 11.8 Å². The molecule has 0 radical (unpaired) electrons. The van der Waals surface area contributed by atoms with Crippen molar-refractivity contribution in [3.8, 4) is 0 Å². The number of aliphatic hydroxyl groups excluding tert-OH is 1. The van der Waals surface area contributed by atoms with E-state index in [0.717, 1.165) is 30.6 Å². The summed E-state index contributed by atoms with van der Waals surface area (Å²) in [5.41, 5.74) is -0.444. The van der Waals surface area contributed by atoms with Gasteiger partial charge in [-0.15, -0.1) is 0 Å². The van der Waals surface area contributed by atoms with Crippen LogP contribution in [0.5, 0.6) is 0 Å². The third kappa shape index (κ3) is 2.70. The molecule has 1 fully saturated rings. The molecule has 1 heterocycles. The normalized spacial score (nSPS) is 21.9. The molecular weight excluding hydrogens is 272 g/mol. The highest BCUT2D eigenvalue weighted by Gasteiger charge is 2.42. The quantitative estimate of drug-likeness (QED) is 0.829. The Balaban J connectivity index is 1.81. The zero-order chi connectivity index (χ0) is 14.0. The van der Waals surface area contributed by atoms with Crippen molar-refractivity contribution in [3.05, 3.63) is 41.0 Å². The lowest BCUT2D eigenvalue weighted by atomic mass is 9.81. The van der Waals surface area contributed by atoms with Gasteiger partial charge in [-0.2, -0.15) is 0 Å². The third-order valence-electron chi connectivity index (χ3n) is 3.97. The molecule has 0 unspecified atom stereocenters. The first-order valence-electron chi connectivity index (χ1n) is 7.07. The number of hydrogen-bond donors (Lipinski definition) is 1. The highest BCUT2D eigenvalue weighted by Crippen LogP contribution is 2.43. The van der Waals surface area contributed by atoms with Crippen molar-refractivity contribution < 1.29 is 14.6 Å². The molecule has 1 aromatic carbocycles. The van der Waals surface area contributed by atoms with Crippen LogP contribution in [0.2, 0.25) is 0 Å². The van der Waals surface area contributed by atoms with Crippen LogP contribution in [0.1, 0.15) is 38.5 Å². The first-order chi connectivity index (χ1) is 9.69. The monoisotopic (exact) mass is 290 g/mol. The minimum Gasteiger partial charge on any atom is -0.511 e. The van der Waals surface area contributed by atoms with Gasteiger partial charge in [-0.3, -0.25) is 0 Å². The van der Waals surface area contributed by atoms with E-state index < -0.39 is 5.60 Å². The second-order valence-corrected chi connectivity index (χ2v) is 6.58. The van der Waals surface area contributed by atoms with Crippen LogP contribution in [-0.2, 0) is 9.53 Å². The molecular formula is C16H18O3S. The van der Waals surface area contributed by atoms with Crippen molar-refractivity contribution in [2.75, 3.05) is 0 Å². The van der Waals surface area contributed by atoms with Crippen molar-refractivity contribution in [1.82, 2.24) is 0 Å². The average Bonchev–Trinajstić information content (AvgIpc) is 2.45. The van der Waals surface area contributed by atoms with E-state index in [2.05, 4.69) is 0 Å². The van der Waals surface area contributed by atoms with E-state index in [9.17, 15) is 9.90 Å². The summed E-state index contributed by atoms with van der Waals surface area (Å²) >= 11 is 1.28. The Hall–Kier alpha value is -1.42. The maximum Gasteiger partial charge on any atom is 0.349 e. The zero-order valence-electron chi connectivity index (χ0n) is 11.3. The van der Waals surface area contributed by atoms with Crippen LogP contribution in [0.3, 0.4) is 0 Å². The standard InChI is InChI=1S/C16H18O3S/c17-13-11-16(9-5-2-6-10-16)19-15(18)14(13)20-12-7-3-1-4-8-12/h1,3-4,7-8,17H,2,5-6,9-11H2. The second-order valence-electron chi connectivity index (χ2n) is 5.50. The van der Waals surface area contributed by atoms with E-state index >= 15 is 0 Å². The Bertz CT molecular complexity index is 530. The number of rotatable bonds is 2. The lowest BCUT2D eigenvalue weighted by molar-refractivity contribution is -0.161. The summed E-state index contributed by atoms with van der Waals surface area (Å²) in [6.07, 6.45) is 5.53. The smallest absolute Gasteiger partial charge is 0.349 e. The van der Waals surface area contributed by atoms with Gasteiger partial charge < -0.3 is 9.84 Å². The number of esters is 1. The van der Waals surface area contributed by atoms with E-state index in [1.54, 1.807) is 0 Å². The van der Waals surface area contributed by atoms with E-state index in [4.69, 9.17) is 4.74 Å². The maximum absolute atomic E-state index is 12.2. The molecule has 0 bridgehead atoms. The Morgan fingerprint density at radius 1 is 1.10 bits per heavy atom. The summed E-state index contributed by atoms with van der Waals surface area (Å²) in [5.74, 6) is -0.179. The Labute approximate surface area is 123 Å². The van der Waals surface area contributed by atoms with Crippen LogP contribution in [0.25, 0.3) is 0 Å². The van der Waals surface area contributed by atoms with Crippen LogP contribution in [0, 0.1) is 0 Å². The molecule has 3 rings (SSSR count). The van der Waals surface area contributed by atoms with Crippen LogP contribution < -0.4 is 0 Å². The van der Waals surface area contributed by atoms with Crippen molar-refractivity contribution in [3.63, 3.8) is 0 Å². The molecule has 1 saturated carbocycles. The summed E-state index contributed by atoms with van der Waals surface area (Å²) < 4.78 is 5.69. The third-order valence-corrected chi connectivity index (χ3v) is 5.09. The summed E-state index contributed by atoms with van der Waals surface area (Å²) in [4.78, 5) is 13.5. The number of aliphatic hydroxyl groups is 1. The number of thioether (sulfide) groups is 1. The predicted octanol–water partition coefficient (Wildman–Crippen LogP) is 4.20. The second kappa shape index (κ2) is 5.52. The Morgan fingerprint density at radius 3 is 2.45 bits per heavy atom. The van der Waals surface area contributed by atoms with Gasteiger partial charge in [0, 0.05) is 11.3 Å². The van der Waals surface area contributed by atoms with E-state index in [-0.39, 0.29) is 11.7 Å². The molecule has 0 atom stereocenters. The van der Waals surface area contributed by atoms with Gasteiger partial charge in [0.2, 0.25) is 0 Å².